The summed E-state index contributed by atoms with van der Waals surface area (Å²) in [6.07, 6.45) is -0.859. The van der Waals surface area contributed by atoms with Crippen molar-refractivity contribution in [2.24, 2.45) is 0 Å². The smallest absolute Gasteiger partial charge is 0.407 e. The number of hydrogen-bond acceptors (Lipinski definition) is 6. The molecule has 0 aliphatic heterocycles. The van der Waals surface area contributed by atoms with Gasteiger partial charge in [0.15, 0.2) is 5.82 Å². The van der Waals surface area contributed by atoms with Crippen molar-refractivity contribution in [1.29, 1.82) is 0 Å². The summed E-state index contributed by atoms with van der Waals surface area (Å²) in [6.45, 7) is 7.26. The van der Waals surface area contributed by atoms with Crippen molar-refractivity contribution in [3.63, 3.8) is 0 Å². The third-order valence-electron chi connectivity index (χ3n) is 1.86. The van der Waals surface area contributed by atoms with Crippen molar-refractivity contribution in [2.75, 3.05) is 6.54 Å². The van der Waals surface area contributed by atoms with Crippen molar-refractivity contribution in [1.82, 2.24) is 15.5 Å². The summed E-state index contributed by atoms with van der Waals surface area (Å²) in [5.74, 6) is 0.601. The highest BCUT2D eigenvalue weighted by Gasteiger charge is 2.16. The molecular formula is C11H19N3O4. The monoisotopic (exact) mass is 257 g/mol. The summed E-state index contributed by atoms with van der Waals surface area (Å²) >= 11 is 0. The van der Waals surface area contributed by atoms with Gasteiger partial charge in [-0.3, -0.25) is 0 Å². The van der Waals surface area contributed by atoms with Gasteiger partial charge in [-0.05, 0) is 27.7 Å². The largest absolute Gasteiger partial charge is 0.444 e. The molecule has 1 atom stereocenters. The quantitative estimate of drug-likeness (QED) is 0.840. The molecule has 2 N–H and O–H groups in total. The summed E-state index contributed by atoms with van der Waals surface area (Å²) < 4.78 is 9.87. The fourth-order valence-electron chi connectivity index (χ4n) is 1.13. The van der Waals surface area contributed by atoms with Crippen LogP contribution >= 0.6 is 0 Å². The van der Waals surface area contributed by atoms with Gasteiger partial charge in [0.25, 0.3) is 5.89 Å². The Kier molecular flexibility index (Phi) is 4.66. The van der Waals surface area contributed by atoms with E-state index in [1.54, 1.807) is 20.8 Å². The van der Waals surface area contributed by atoms with E-state index in [0.717, 1.165) is 0 Å². The fourth-order valence-corrected chi connectivity index (χ4v) is 1.13. The molecule has 102 valence electrons. The Labute approximate surface area is 106 Å². The molecule has 1 rings (SSSR count). The van der Waals surface area contributed by atoms with Crippen LogP contribution in [0.4, 0.5) is 4.79 Å². The van der Waals surface area contributed by atoms with Crippen LogP contribution < -0.4 is 5.32 Å². The summed E-state index contributed by atoms with van der Waals surface area (Å²) in [6, 6.07) is 0. The molecule has 0 bridgehead atoms. The molecule has 0 radical (unpaired) electrons. The van der Waals surface area contributed by atoms with Crippen LogP contribution in [0.5, 0.6) is 0 Å². The lowest BCUT2D eigenvalue weighted by Gasteiger charge is -2.19. The van der Waals surface area contributed by atoms with E-state index >= 15 is 0 Å². The molecule has 0 saturated heterocycles. The predicted molar refractivity (Wildman–Crippen MR) is 62.9 cm³/mol. The first-order valence-corrected chi connectivity index (χ1v) is 5.75. The maximum absolute atomic E-state index is 11.3. The second-order valence-electron chi connectivity index (χ2n) is 4.90. The number of ether oxygens (including phenoxy) is 1. The Morgan fingerprint density at radius 2 is 2.22 bits per heavy atom. The minimum absolute atomic E-state index is 0.169. The topological polar surface area (TPSA) is 97.5 Å². The summed E-state index contributed by atoms with van der Waals surface area (Å²) in [5, 5.41) is 15.4. The van der Waals surface area contributed by atoms with Gasteiger partial charge >= 0.3 is 6.09 Å². The lowest BCUT2D eigenvalue weighted by molar-refractivity contribution is 0.0528. The fraction of sp³-hybridized carbons (Fsp3) is 0.727. The molecule has 1 aromatic heterocycles. The van der Waals surface area contributed by atoms with Gasteiger partial charge in [-0.1, -0.05) is 5.16 Å². The Morgan fingerprint density at radius 1 is 1.56 bits per heavy atom. The Balaban J connectivity index is 2.31. The normalized spacial score (nSPS) is 13.2. The van der Waals surface area contributed by atoms with Gasteiger partial charge < -0.3 is 19.7 Å². The number of alkyl carbamates (subject to hydrolysis) is 1. The van der Waals surface area contributed by atoms with E-state index in [9.17, 15) is 9.90 Å². The minimum Gasteiger partial charge on any atom is -0.444 e. The number of amides is 1. The second kappa shape index (κ2) is 5.81. The highest BCUT2D eigenvalue weighted by molar-refractivity contribution is 5.67. The molecule has 18 heavy (non-hydrogen) atoms. The maximum atomic E-state index is 11.3. The van der Waals surface area contributed by atoms with Gasteiger partial charge in [-0.2, -0.15) is 4.98 Å². The van der Waals surface area contributed by atoms with Gasteiger partial charge in [-0.15, -0.1) is 0 Å². The van der Waals surface area contributed by atoms with Crippen molar-refractivity contribution in [3.8, 4) is 0 Å². The van der Waals surface area contributed by atoms with Crippen molar-refractivity contribution in [3.05, 3.63) is 11.7 Å². The number of nitrogens with zero attached hydrogens (tertiary/aromatic N) is 2. The highest BCUT2D eigenvalue weighted by Crippen LogP contribution is 2.08. The van der Waals surface area contributed by atoms with Crippen LogP contribution in [0.3, 0.4) is 0 Å². The molecule has 1 heterocycles. The zero-order valence-electron chi connectivity index (χ0n) is 11.1. The molecule has 1 aromatic rings. The number of carbonyl (C=O) groups excluding carboxylic acids is 1. The van der Waals surface area contributed by atoms with Gasteiger partial charge in [0.1, 0.15) is 11.7 Å². The highest BCUT2D eigenvalue weighted by atomic mass is 16.6. The average molecular weight is 257 g/mol. The van der Waals surface area contributed by atoms with E-state index in [-0.39, 0.29) is 5.89 Å². The minimum atomic E-state index is -0.787. The summed E-state index contributed by atoms with van der Waals surface area (Å²) in [7, 11) is 0. The summed E-state index contributed by atoms with van der Waals surface area (Å²) in [4.78, 5) is 15.3. The first-order chi connectivity index (χ1) is 8.28. The predicted octanol–water partition coefficient (Wildman–Crippen LogP) is 1.19. The second-order valence-corrected chi connectivity index (χ2v) is 4.90. The molecule has 7 heteroatoms. The van der Waals surface area contributed by atoms with Crippen LogP contribution in [0.25, 0.3) is 0 Å². The molecule has 7 nitrogen and oxygen atoms in total. The number of carbonyl (C=O) groups is 1. The van der Waals surface area contributed by atoms with Crippen LogP contribution in [0.1, 0.15) is 45.5 Å². The molecule has 1 unspecified atom stereocenters. The Morgan fingerprint density at radius 3 is 2.72 bits per heavy atom. The van der Waals surface area contributed by atoms with Gasteiger partial charge in [0, 0.05) is 13.0 Å². The van der Waals surface area contributed by atoms with E-state index in [0.29, 0.717) is 18.8 Å². The Hall–Kier alpha value is -1.63. The molecular weight excluding hydrogens is 238 g/mol. The molecule has 0 fully saturated rings. The van der Waals surface area contributed by atoms with E-state index in [2.05, 4.69) is 15.5 Å². The lowest BCUT2D eigenvalue weighted by Crippen LogP contribution is -2.33. The third-order valence-corrected chi connectivity index (χ3v) is 1.86. The number of nitrogens with one attached hydrogen (secondary N) is 1. The van der Waals surface area contributed by atoms with E-state index in [1.165, 1.54) is 6.92 Å². The number of rotatable bonds is 4. The van der Waals surface area contributed by atoms with Crippen LogP contribution in [0.2, 0.25) is 0 Å². The molecule has 0 aliphatic rings. The molecule has 0 saturated carbocycles. The lowest BCUT2D eigenvalue weighted by atomic mass is 10.2. The number of aliphatic hydroxyl groups is 1. The zero-order valence-corrected chi connectivity index (χ0v) is 11.1. The van der Waals surface area contributed by atoms with E-state index in [4.69, 9.17) is 9.26 Å². The Bertz CT molecular complexity index is 395. The summed E-state index contributed by atoms with van der Waals surface area (Å²) in [5.41, 5.74) is -0.518. The standard InChI is InChI=1S/C11H19N3O4/c1-7(15)9-13-8(14-18-9)5-6-12-10(16)17-11(2,3)4/h7,15H,5-6H2,1-4H3,(H,12,16). The molecule has 0 aromatic carbocycles. The van der Waals surface area contributed by atoms with Crippen LogP contribution in [-0.2, 0) is 11.2 Å². The van der Waals surface area contributed by atoms with Gasteiger partial charge in [0.05, 0.1) is 0 Å². The van der Waals surface area contributed by atoms with Crippen molar-refractivity contribution >= 4 is 6.09 Å². The number of aromatic nitrogens is 2. The average Bonchev–Trinajstić information content (AvgIpc) is 2.63. The first-order valence-electron chi connectivity index (χ1n) is 5.75. The van der Waals surface area contributed by atoms with Crippen LogP contribution in [0.15, 0.2) is 4.52 Å². The molecule has 1 amide bonds. The SMILES string of the molecule is CC(O)c1nc(CCNC(=O)OC(C)(C)C)no1. The van der Waals surface area contributed by atoms with Gasteiger partial charge in [0.2, 0.25) is 0 Å². The van der Waals surface area contributed by atoms with Crippen molar-refractivity contribution < 1.29 is 19.2 Å². The van der Waals surface area contributed by atoms with Crippen LogP contribution in [0, 0.1) is 0 Å². The molecule has 0 aliphatic carbocycles. The van der Waals surface area contributed by atoms with Crippen LogP contribution in [-0.4, -0.2) is 33.5 Å². The third kappa shape index (κ3) is 5.13. The number of aliphatic hydroxyl groups excluding tert-OH is 1. The zero-order chi connectivity index (χ0) is 13.8. The van der Waals surface area contributed by atoms with Crippen molar-refractivity contribution in [2.45, 2.75) is 45.8 Å². The maximum Gasteiger partial charge on any atom is 0.407 e. The van der Waals surface area contributed by atoms with E-state index < -0.39 is 17.8 Å². The first kappa shape index (κ1) is 14.4. The van der Waals surface area contributed by atoms with Gasteiger partial charge in [-0.25, -0.2) is 4.79 Å². The number of hydrogen-bond donors (Lipinski definition) is 2. The van der Waals surface area contributed by atoms with E-state index in [1.807, 2.05) is 0 Å². The molecule has 0 spiro atoms.